The summed E-state index contributed by atoms with van der Waals surface area (Å²) in [5.74, 6) is 0.742. The lowest BCUT2D eigenvalue weighted by Gasteiger charge is -2.07. The molecule has 0 aliphatic rings. The average molecular weight is 344 g/mol. The molecule has 2 rings (SSSR count). The van der Waals surface area contributed by atoms with Crippen LogP contribution >= 0.6 is 22.6 Å². The van der Waals surface area contributed by atoms with E-state index in [1.54, 1.807) is 25.3 Å². The Labute approximate surface area is 110 Å². The van der Waals surface area contributed by atoms with Crippen LogP contribution in [0.15, 0.2) is 40.1 Å². The molecule has 0 bridgehead atoms. The second-order valence-electron chi connectivity index (χ2n) is 3.30. The van der Waals surface area contributed by atoms with E-state index in [0.717, 1.165) is 9.32 Å². The first kappa shape index (κ1) is 11.9. The van der Waals surface area contributed by atoms with Gasteiger partial charge in [0.2, 0.25) is 0 Å². The third-order valence-electron chi connectivity index (χ3n) is 2.24. The molecule has 1 heterocycles. The molecular formula is C11H9IN2O3. The third-order valence-corrected chi connectivity index (χ3v) is 3.08. The van der Waals surface area contributed by atoms with Crippen molar-refractivity contribution in [2.24, 2.45) is 0 Å². The Bertz CT molecular complexity index is 660. The van der Waals surface area contributed by atoms with Crippen LogP contribution in [-0.4, -0.2) is 16.7 Å². The second-order valence-corrected chi connectivity index (χ2v) is 4.46. The number of halogens is 1. The number of H-pyrrole nitrogens is 1. The number of benzene rings is 1. The molecule has 0 aliphatic carbocycles. The highest BCUT2D eigenvalue weighted by Crippen LogP contribution is 2.22. The fourth-order valence-electron chi connectivity index (χ4n) is 1.43. The summed E-state index contributed by atoms with van der Waals surface area (Å²) < 4.78 is 7.39. The maximum atomic E-state index is 11.6. The fourth-order valence-corrected chi connectivity index (χ4v) is 2.14. The summed E-state index contributed by atoms with van der Waals surface area (Å²) in [6, 6.07) is 6.63. The van der Waals surface area contributed by atoms with E-state index in [9.17, 15) is 9.59 Å². The molecule has 5 nitrogen and oxygen atoms in total. The van der Waals surface area contributed by atoms with Crippen molar-refractivity contribution in [2.75, 3.05) is 7.11 Å². The first-order valence-electron chi connectivity index (χ1n) is 4.78. The number of hydrogen-bond acceptors (Lipinski definition) is 3. The Morgan fingerprint density at radius 3 is 2.65 bits per heavy atom. The SMILES string of the molecule is COc1ccc(-n2ccc(=O)[nH]c2=O)cc1I. The molecule has 1 aromatic heterocycles. The summed E-state index contributed by atoms with van der Waals surface area (Å²) >= 11 is 2.12. The average Bonchev–Trinajstić information content (AvgIpc) is 2.29. The number of rotatable bonds is 2. The number of nitrogens with one attached hydrogen (secondary N) is 1. The van der Waals surface area contributed by atoms with E-state index in [0.29, 0.717) is 5.69 Å². The first-order valence-corrected chi connectivity index (χ1v) is 5.85. The number of nitrogens with zero attached hydrogens (tertiary/aromatic N) is 1. The van der Waals surface area contributed by atoms with Gasteiger partial charge in [-0.2, -0.15) is 0 Å². The summed E-state index contributed by atoms with van der Waals surface area (Å²) in [4.78, 5) is 24.7. The van der Waals surface area contributed by atoms with Crippen LogP contribution in [0.1, 0.15) is 0 Å². The lowest BCUT2D eigenvalue weighted by atomic mass is 10.3. The molecule has 0 radical (unpaired) electrons. The van der Waals surface area contributed by atoms with Crippen LogP contribution in [0.3, 0.4) is 0 Å². The van der Waals surface area contributed by atoms with Gasteiger partial charge < -0.3 is 4.74 Å². The highest BCUT2D eigenvalue weighted by molar-refractivity contribution is 14.1. The Balaban J connectivity index is 2.57. The van der Waals surface area contributed by atoms with Gasteiger partial charge in [-0.05, 0) is 40.8 Å². The molecule has 0 aliphatic heterocycles. The molecule has 6 heteroatoms. The number of hydrogen-bond donors (Lipinski definition) is 1. The van der Waals surface area contributed by atoms with Gasteiger partial charge in [-0.25, -0.2) is 4.79 Å². The van der Waals surface area contributed by atoms with E-state index in [4.69, 9.17) is 4.74 Å². The van der Waals surface area contributed by atoms with Crippen LogP contribution in [0.2, 0.25) is 0 Å². The second kappa shape index (κ2) is 4.74. The lowest BCUT2D eigenvalue weighted by Crippen LogP contribution is -2.27. The molecule has 0 fully saturated rings. The van der Waals surface area contributed by atoms with Crippen molar-refractivity contribution in [3.05, 3.63) is 54.9 Å². The zero-order valence-corrected chi connectivity index (χ0v) is 11.1. The molecule has 0 atom stereocenters. The number of aromatic nitrogens is 2. The number of ether oxygens (including phenoxy) is 1. The quantitative estimate of drug-likeness (QED) is 0.831. The van der Waals surface area contributed by atoms with Crippen LogP contribution in [-0.2, 0) is 0 Å². The molecular weight excluding hydrogens is 335 g/mol. The molecule has 2 aromatic rings. The monoisotopic (exact) mass is 344 g/mol. The van der Waals surface area contributed by atoms with Crippen molar-refractivity contribution in [3.63, 3.8) is 0 Å². The Morgan fingerprint density at radius 2 is 2.06 bits per heavy atom. The van der Waals surface area contributed by atoms with E-state index in [1.807, 2.05) is 0 Å². The molecule has 0 saturated heterocycles. The summed E-state index contributed by atoms with van der Waals surface area (Å²) in [6.07, 6.45) is 1.44. The van der Waals surface area contributed by atoms with Gasteiger partial charge in [0.05, 0.1) is 16.4 Å². The maximum absolute atomic E-state index is 11.6. The summed E-state index contributed by atoms with van der Waals surface area (Å²) in [5.41, 5.74) is -0.190. The summed E-state index contributed by atoms with van der Waals surface area (Å²) in [7, 11) is 1.59. The van der Waals surface area contributed by atoms with Crippen molar-refractivity contribution in [3.8, 4) is 11.4 Å². The van der Waals surface area contributed by atoms with Gasteiger partial charge in [0.15, 0.2) is 0 Å². The molecule has 1 aromatic carbocycles. The molecule has 1 N–H and O–H groups in total. The summed E-state index contributed by atoms with van der Waals surface area (Å²) in [5, 5.41) is 0. The maximum Gasteiger partial charge on any atom is 0.332 e. The zero-order chi connectivity index (χ0) is 12.4. The minimum absolute atomic E-state index is 0.408. The lowest BCUT2D eigenvalue weighted by molar-refractivity contribution is 0.411. The molecule has 88 valence electrons. The first-order chi connectivity index (χ1) is 8.11. The van der Waals surface area contributed by atoms with E-state index in [1.165, 1.54) is 16.8 Å². The standard InChI is InChI=1S/C11H9IN2O3/c1-17-9-3-2-7(6-8(9)12)14-5-4-10(15)13-11(14)16/h2-6H,1H3,(H,13,15,16). The van der Waals surface area contributed by atoms with Gasteiger partial charge in [0.25, 0.3) is 5.56 Å². The third kappa shape index (κ3) is 2.41. The molecule has 0 spiro atoms. The van der Waals surface area contributed by atoms with Crippen molar-refractivity contribution in [2.45, 2.75) is 0 Å². The number of methoxy groups -OCH3 is 1. The smallest absolute Gasteiger partial charge is 0.332 e. The van der Waals surface area contributed by atoms with Gasteiger partial charge >= 0.3 is 5.69 Å². The van der Waals surface area contributed by atoms with Crippen molar-refractivity contribution < 1.29 is 4.74 Å². The van der Waals surface area contributed by atoms with E-state index in [2.05, 4.69) is 27.6 Å². The highest BCUT2D eigenvalue weighted by Gasteiger charge is 2.04. The van der Waals surface area contributed by atoms with Crippen LogP contribution in [0.25, 0.3) is 5.69 Å². The fraction of sp³-hybridized carbons (Fsp3) is 0.0909. The molecule has 0 saturated carbocycles. The van der Waals surface area contributed by atoms with Crippen molar-refractivity contribution >= 4 is 22.6 Å². The minimum atomic E-state index is -0.460. The Kier molecular flexibility index (Phi) is 3.32. The minimum Gasteiger partial charge on any atom is -0.496 e. The van der Waals surface area contributed by atoms with Crippen LogP contribution in [0.4, 0.5) is 0 Å². The van der Waals surface area contributed by atoms with Crippen LogP contribution < -0.4 is 16.0 Å². The Hall–Kier alpha value is -1.57. The molecule has 0 unspecified atom stereocenters. The number of aromatic amines is 1. The van der Waals surface area contributed by atoms with Gasteiger partial charge in [-0.3, -0.25) is 14.3 Å². The van der Waals surface area contributed by atoms with Gasteiger partial charge in [0, 0.05) is 12.3 Å². The van der Waals surface area contributed by atoms with E-state index >= 15 is 0 Å². The zero-order valence-electron chi connectivity index (χ0n) is 8.94. The normalized spacial score (nSPS) is 10.2. The highest BCUT2D eigenvalue weighted by atomic mass is 127. The van der Waals surface area contributed by atoms with Crippen LogP contribution in [0.5, 0.6) is 5.75 Å². The Morgan fingerprint density at radius 1 is 1.29 bits per heavy atom. The van der Waals surface area contributed by atoms with Gasteiger partial charge in [-0.15, -0.1) is 0 Å². The van der Waals surface area contributed by atoms with Gasteiger partial charge in [-0.1, -0.05) is 0 Å². The molecule has 0 amide bonds. The van der Waals surface area contributed by atoms with E-state index in [-0.39, 0.29) is 0 Å². The summed E-state index contributed by atoms with van der Waals surface area (Å²) in [6.45, 7) is 0. The topological polar surface area (TPSA) is 64.1 Å². The van der Waals surface area contributed by atoms with Crippen molar-refractivity contribution in [1.29, 1.82) is 0 Å². The van der Waals surface area contributed by atoms with Crippen LogP contribution in [0, 0.1) is 3.57 Å². The van der Waals surface area contributed by atoms with Gasteiger partial charge in [0.1, 0.15) is 5.75 Å². The van der Waals surface area contributed by atoms with Crippen molar-refractivity contribution in [1.82, 2.24) is 9.55 Å². The predicted molar refractivity (Wildman–Crippen MR) is 71.9 cm³/mol. The molecule has 17 heavy (non-hydrogen) atoms. The largest absolute Gasteiger partial charge is 0.496 e. The predicted octanol–water partition coefficient (Wildman–Crippen LogP) is 1.14. The van der Waals surface area contributed by atoms with E-state index < -0.39 is 11.2 Å².